The highest BCUT2D eigenvalue weighted by atomic mass is 35.5. The maximum absolute atomic E-state index is 12.7. The van der Waals surface area contributed by atoms with Gasteiger partial charge in [0.1, 0.15) is 5.15 Å². The van der Waals surface area contributed by atoms with Crippen LogP contribution in [0.5, 0.6) is 0 Å². The van der Waals surface area contributed by atoms with Crippen molar-refractivity contribution in [1.29, 1.82) is 5.26 Å². The van der Waals surface area contributed by atoms with Crippen LogP contribution in [0.3, 0.4) is 0 Å². The molecular weight excluding hydrogens is 224 g/mol. The summed E-state index contributed by atoms with van der Waals surface area (Å²) in [4.78, 5) is 3.71. The lowest BCUT2D eigenvalue weighted by Crippen LogP contribution is -2.08. The van der Waals surface area contributed by atoms with Crippen molar-refractivity contribution in [3.63, 3.8) is 0 Å². The van der Waals surface area contributed by atoms with Gasteiger partial charge in [-0.05, 0) is 11.6 Å². The van der Waals surface area contributed by atoms with Crippen molar-refractivity contribution in [2.45, 2.75) is 19.4 Å². The Morgan fingerprint density at radius 2 is 2.27 bits per heavy atom. The Morgan fingerprint density at radius 3 is 2.73 bits per heavy atom. The van der Waals surface area contributed by atoms with Crippen molar-refractivity contribution in [2.75, 3.05) is 0 Å². The summed E-state index contributed by atoms with van der Waals surface area (Å²) in [7, 11) is 0. The molecule has 0 aliphatic heterocycles. The zero-order valence-electron chi connectivity index (χ0n) is 7.67. The van der Waals surface area contributed by atoms with Gasteiger partial charge in [0, 0.05) is 12.1 Å². The minimum Gasteiger partial charge on any atom is -0.325 e. The normalized spacial score (nSPS) is 10.4. The van der Waals surface area contributed by atoms with E-state index < -0.39 is 6.43 Å². The molecule has 0 unspecified atom stereocenters. The van der Waals surface area contributed by atoms with E-state index in [4.69, 9.17) is 22.6 Å². The number of rotatable bonds is 3. The molecule has 0 spiro atoms. The van der Waals surface area contributed by atoms with E-state index in [1.165, 1.54) is 6.07 Å². The molecule has 1 aromatic rings. The van der Waals surface area contributed by atoms with E-state index in [0.29, 0.717) is 0 Å². The molecule has 0 fully saturated rings. The molecule has 0 aliphatic rings. The van der Waals surface area contributed by atoms with Gasteiger partial charge in [0.15, 0.2) is 0 Å². The Hall–Kier alpha value is -1.25. The maximum atomic E-state index is 12.7. The van der Waals surface area contributed by atoms with Crippen LogP contribution in [0.2, 0.25) is 5.15 Å². The molecule has 0 aromatic carbocycles. The highest BCUT2D eigenvalue weighted by Crippen LogP contribution is 2.28. The fourth-order valence-electron chi connectivity index (χ4n) is 1.28. The van der Waals surface area contributed by atoms with Gasteiger partial charge in [-0.15, -0.1) is 0 Å². The minimum atomic E-state index is -2.70. The molecule has 6 heteroatoms. The van der Waals surface area contributed by atoms with Gasteiger partial charge >= 0.3 is 0 Å². The third kappa shape index (κ3) is 2.61. The molecule has 1 aromatic heterocycles. The minimum absolute atomic E-state index is 0.0442. The summed E-state index contributed by atoms with van der Waals surface area (Å²) < 4.78 is 25.4. The molecule has 1 heterocycles. The molecule has 0 radical (unpaired) electrons. The Balaban J connectivity index is 3.34. The Bertz CT molecular complexity index is 401. The number of hydrogen-bond acceptors (Lipinski definition) is 3. The first-order chi connectivity index (χ1) is 7.10. The quantitative estimate of drug-likeness (QED) is 0.811. The molecule has 0 bridgehead atoms. The lowest BCUT2D eigenvalue weighted by Gasteiger charge is -2.10. The number of halogens is 3. The van der Waals surface area contributed by atoms with Gasteiger partial charge in [0.2, 0.25) is 0 Å². The molecule has 0 amide bonds. The molecule has 15 heavy (non-hydrogen) atoms. The van der Waals surface area contributed by atoms with Crippen LogP contribution in [-0.4, -0.2) is 4.98 Å². The largest absolute Gasteiger partial charge is 0.325 e. The van der Waals surface area contributed by atoms with Crippen molar-refractivity contribution >= 4 is 11.6 Å². The topological polar surface area (TPSA) is 62.7 Å². The molecule has 0 saturated carbocycles. The monoisotopic (exact) mass is 231 g/mol. The van der Waals surface area contributed by atoms with Gasteiger partial charge in [-0.1, -0.05) is 11.6 Å². The predicted molar refractivity (Wildman–Crippen MR) is 51.4 cm³/mol. The van der Waals surface area contributed by atoms with Crippen LogP contribution in [0.4, 0.5) is 8.78 Å². The molecule has 0 aliphatic carbocycles. The molecular formula is C9H8ClF2N3. The zero-order chi connectivity index (χ0) is 11.4. The summed E-state index contributed by atoms with van der Waals surface area (Å²) in [6.07, 6.45) is -2.83. The van der Waals surface area contributed by atoms with Gasteiger partial charge in [-0.2, -0.15) is 5.26 Å². The number of pyridine rings is 1. The van der Waals surface area contributed by atoms with Gasteiger partial charge in [-0.3, -0.25) is 0 Å². The second-order valence-electron chi connectivity index (χ2n) is 2.80. The average molecular weight is 232 g/mol. The first kappa shape index (κ1) is 11.8. The van der Waals surface area contributed by atoms with Crippen LogP contribution in [-0.2, 0) is 13.0 Å². The van der Waals surface area contributed by atoms with Crippen LogP contribution in [0, 0.1) is 11.3 Å². The molecule has 3 nitrogen and oxygen atoms in total. The number of aromatic nitrogens is 1. The van der Waals surface area contributed by atoms with Crippen molar-refractivity contribution < 1.29 is 8.78 Å². The van der Waals surface area contributed by atoms with E-state index in [1.807, 2.05) is 0 Å². The van der Waals surface area contributed by atoms with E-state index in [9.17, 15) is 8.78 Å². The Labute approximate surface area is 90.5 Å². The van der Waals surface area contributed by atoms with Crippen molar-refractivity contribution in [2.24, 2.45) is 5.73 Å². The van der Waals surface area contributed by atoms with Gasteiger partial charge < -0.3 is 5.73 Å². The number of nitriles is 1. The van der Waals surface area contributed by atoms with Crippen LogP contribution >= 0.6 is 11.6 Å². The smallest absolute Gasteiger partial charge is 0.265 e. The Kier molecular flexibility index (Phi) is 3.95. The number of nitrogens with two attached hydrogens (primary N) is 1. The zero-order valence-corrected chi connectivity index (χ0v) is 8.43. The second kappa shape index (κ2) is 5.01. The fraction of sp³-hybridized carbons (Fsp3) is 0.333. The van der Waals surface area contributed by atoms with Crippen molar-refractivity contribution in [1.82, 2.24) is 4.98 Å². The third-order valence-electron chi connectivity index (χ3n) is 1.87. The first-order valence-electron chi connectivity index (χ1n) is 4.13. The first-order valence-corrected chi connectivity index (χ1v) is 4.51. The summed E-state index contributed by atoms with van der Waals surface area (Å²) in [5.41, 5.74) is 5.24. The molecule has 0 atom stereocenters. The number of alkyl halides is 2. The highest BCUT2D eigenvalue weighted by molar-refractivity contribution is 6.29. The van der Waals surface area contributed by atoms with Crippen LogP contribution in [0.25, 0.3) is 0 Å². The number of nitrogens with zero attached hydrogens (tertiary/aromatic N) is 2. The fourth-order valence-corrected chi connectivity index (χ4v) is 1.52. The Morgan fingerprint density at radius 1 is 1.60 bits per heavy atom. The van der Waals surface area contributed by atoms with Crippen LogP contribution in [0.1, 0.15) is 23.2 Å². The van der Waals surface area contributed by atoms with Gasteiger partial charge in [0.05, 0.1) is 18.2 Å². The average Bonchev–Trinajstić information content (AvgIpc) is 2.16. The van der Waals surface area contributed by atoms with E-state index in [0.717, 1.165) is 0 Å². The van der Waals surface area contributed by atoms with Gasteiger partial charge in [0.25, 0.3) is 6.43 Å². The van der Waals surface area contributed by atoms with Crippen LogP contribution < -0.4 is 5.73 Å². The molecule has 80 valence electrons. The SMILES string of the molecule is N#CCc1cc(Cl)nc(CN)c1C(F)F. The summed E-state index contributed by atoms with van der Waals surface area (Å²) in [6, 6.07) is 3.07. The molecule has 0 saturated heterocycles. The van der Waals surface area contributed by atoms with E-state index >= 15 is 0 Å². The summed E-state index contributed by atoms with van der Waals surface area (Å²) in [5.74, 6) is 0. The lowest BCUT2D eigenvalue weighted by atomic mass is 10.0. The second-order valence-corrected chi connectivity index (χ2v) is 3.19. The van der Waals surface area contributed by atoms with Gasteiger partial charge in [-0.25, -0.2) is 13.8 Å². The predicted octanol–water partition coefficient (Wildman–Crippen LogP) is 2.20. The highest BCUT2D eigenvalue weighted by Gasteiger charge is 2.19. The van der Waals surface area contributed by atoms with E-state index in [1.54, 1.807) is 6.07 Å². The van der Waals surface area contributed by atoms with Crippen molar-refractivity contribution in [3.8, 4) is 6.07 Å². The molecule has 2 N–H and O–H groups in total. The summed E-state index contributed by atoms with van der Waals surface area (Å²) in [6.45, 7) is -0.126. The van der Waals surface area contributed by atoms with Crippen LogP contribution in [0.15, 0.2) is 6.07 Å². The number of hydrogen-bond donors (Lipinski definition) is 1. The summed E-state index contributed by atoms with van der Waals surface area (Å²) in [5, 5.41) is 8.56. The summed E-state index contributed by atoms with van der Waals surface area (Å²) >= 11 is 5.62. The van der Waals surface area contributed by atoms with E-state index in [2.05, 4.69) is 4.98 Å². The standard InChI is InChI=1S/C9H8ClF2N3/c10-7-3-5(1-2-13)8(9(11)12)6(4-14)15-7/h3,9H,1,4,14H2. The van der Waals surface area contributed by atoms with E-state index in [-0.39, 0.29) is 34.9 Å². The maximum Gasteiger partial charge on any atom is 0.265 e. The third-order valence-corrected chi connectivity index (χ3v) is 2.07. The lowest BCUT2D eigenvalue weighted by molar-refractivity contribution is 0.148. The molecule has 1 rings (SSSR count). The van der Waals surface area contributed by atoms with Crippen molar-refractivity contribution in [3.05, 3.63) is 28.0 Å².